The Hall–Kier alpha value is -0.770. The van der Waals surface area contributed by atoms with Gasteiger partial charge in [0.15, 0.2) is 0 Å². The summed E-state index contributed by atoms with van der Waals surface area (Å²) in [5.74, 6) is 0.888. The highest BCUT2D eigenvalue weighted by Crippen LogP contribution is 2.31. The van der Waals surface area contributed by atoms with Crippen LogP contribution in [0.2, 0.25) is 0 Å². The van der Waals surface area contributed by atoms with Crippen LogP contribution >= 0.6 is 0 Å². The monoisotopic (exact) mass is 354 g/mol. The number of hydrogen-bond acceptors (Lipinski definition) is 3. The Kier molecular flexibility index (Phi) is 8.04. The number of rotatable bonds is 5. The van der Waals surface area contributed by atoms with Gasteiger partial charge in [-0.3, -0.25) is 4.90 Å². The molecule has 0 bridgehead atoms. The number of hydrogen-bond donors (Lipinski definition) is 1. The fourth-order valence-corrected chi connectivity index (χ4v) is 3.53. The molecule has 1 heterocycles. The normalized spacial score (nSPS) is 23.4. The SMILES string of the molecule is CC1CCCC(C)N1CC(O)COc1ccccc1C(C)(C)C.[Cl-]. The summed E-state index contributed by atoms with van der Waals surface area (Å²) in [6.07, 6.45) is 3.30. The number of piperidine rings is 1. The average molecular weight is 355 g/mol. The molecule has 1 aromatic carbocycles. The second kappa shape index (κ2) is 9.07. The highest BCUT2D eigenvalue weighted by molar-refractivity contribution is 5.38. The Labute approximate surface area is 153 Å². The first-order valence-corrected chi connectivity index (χ1v) is 8.95. The number of para-hydroxylation sites is 1. The Morgan fingerprint density at radius 2 is 1.75 bits per heavy atom. The van der Waals surface area contributed by atoms with Crippen molar-refractivity contribution in [2.24, 2.45) is 0 Å². The Balaban J connectivity index is 0.00000288. The number of aliphatic hydroxyl groups is 1. The summed E-state index contributed by atoms with van der Waals surface area (Å²) in [4.78, 5) is 2.42. The minimum absolute atomic E-state index is 0. The molecular weight excluding hydrogens is 322 g/mol. The minimum atomic E-state index is -0.453. The van der Waals surface area contributed by atoms with Crippen LogP contribution in [-0.4, -0.2) is 41.3 Å². The summed E-state index contributed by atoms with van der Waals surface area (Å²) in [5, 5.41) is 10.4. The maximum Gasteiger partial charge on any atom is 0.123 e. The van der Waals surface area contributed by atoms with E-state index in [1.165, 1.54) is 24.8 Å². The lowest BCUT2D eigenvalue weighted by Crippen LogP contribution is -3.00. The van der Waals surface area contributed by atoms with Gasteiger partial charge in [-0.15, -0.1) is 0 Å². The third-order valence-electron chi connectivity index (χ3n) is 4.92. The lowest BCUT2D eigenvalue weighted by atomic mass is 9.86. The fourth-order valence-electron chi connectivity index (χ4n) is 3.53. The van der Waals surface area contributed by atoms with Crippen LogP contribution in [0.3, 0.4) is 0 Å². The first kappa shape index (κ1) is 21.3. The molecule has 0 aliphatic carbocycles. The summed E-state index contributed by atoms with van der Waals surface area (Å²) in [7, 11) is 0. The van der Waals surface area contributed by atoms with Gasteiger partial charge in [-0.2, -0.15) is 0 Å². The van der Waals surface area contributed by atoms with Gasteiger partial charge in [0.05, 0.1) is 0 Å². The molecule has 24 heavy (non-hydrogen) atoms. The fraction of sp³-hybridized carbons (Fsp3) is 0.700. The summed E-state index contributed by atoms with van der Waals surface area (Å²) in [6, 6.07) is 9.24. The molecule has 1 aromatic rings. The molecule has 1 aliphatic heterocycles. The largest absolute Gasteiger partial charge is 1.00 e. The van der Waals surface area contributed by atoms with Crippen LogP contribution in [0.5, 0.6) is 5.75 Å². The van der Waals surface area contributed by atoms with E-state index in [4.69, 9.17) is 4.74 Å². The topological polar surface area (TPSA) is 32.7 Å². The van der Waals surface area contributed by atoms with E-state index in [1.807, 2.05) is 18.2 Å². The summed E-state index contributed by atoms with van der Waals surface area (Å²) >= 11 is 0. The van der Waals surface area contributed by atoms with Gasteiger partial charge in [-0.1, -0.05) is 45.4 Å². The van der Waals surface area contributed by atoms with Gasteiger partial charge >= 0.3 is 0 Å². The lowest BCUT2D eigenvalue weighted by Gasteiger charge is -2.40. The van der Waals surface area contributed by atoms with E-state index >= 15 is 0 Å². The summed E-state index contributed by atoms with van der Waals surface area (Å²) < 4.78 is 5.96. The summed E-state index contributed by atoms with van der Waals surface area (Å²) in [6.45, 7) is 12.1. The van der Waals surface area contributed by atoms with Crippen molar-refractivity contribution in [2.75, 3.05) is 13.2 Å². The van der Waals surface area contributed by atoms with E-state index < -0.39 is 6.10 Å². The highest BCUT2D eigenvalue weighted by Gasteiger charge is 2.27. The van der Waals surface area contributed by atoms with E-state index in [9.17, 15) is 5.11 Å². The first-order chi connectivity index (χ1) is 10.8. The quantitative estimate of drug-likeness (QED) is 0.856. The lowest BCUT2D eigenvalue weighted by molar-refractivity contribution is -0.00000727. The number of aliphatic hydroxyl groups excluding tert-OH is 1. The predicted octanol–water partition coefficient (Wildman–Crippen LogP) is 0.991. The van der Waals surface area contributed by atoms with Gasteiger partial charge in [0.1, 0.15) is 18.5 Å². The van der Waals surface area contributed by atoms with Gasteiger partial charge in [0.25, 0.3) is 0 Å². The maximum absolute atomic E-state index is 10.4. The van der Waals surface area contributed by atoms with Gasteiger partial charge in [0, 0.05) is 18.6 Å². The molecule has 1 aliphatic rings. The molecule has 0 saturated carbocycles. The number of likely N-dealkylation sites (tertiary alicyclic amines) is 1. The molecule has 0 amide bonds. The van der Waals surface area contributed by atoms with E-state index in [0.29, 0.717) is 25.2 Å². The number of nitrogens with zero attached hydrogens (tertiary/aromatic N) is 1. The van der Waals surface area contributed by atoms with Gasteiger partial charge in [-0.05, 0) is 43.7 Å². The van der Waals surface area contributed by atoms with Crippen LogP contribution in [0.1, 0.15) is 59.4 Å². The van der Waals surface area contributed by atoms with Gasteiger partial charge in [0.2, 0.25) is 0 Å². The van der Waals surface area contributed by atoms with Crippen LogP contribution < -0.4 is 17.1 Å². The smallest absolute Gasteiger partial charge is 0.123 e. The molecule has 0 radical (unpaired) electrons. The number of ether oxygens (including phenoxy) is 1. The molecule has 138 valence electrons. The number of benzene rings is 1. The molecule has 0 aromatic heterocycles. The zero-order chi connectivity index (χ0) is 17.0. The maximum atomic E-state index is 10.4. The van der Waals surface area contributed by atoms with Crippen molar-refractivity contribution in [1.82, 2.24) is 4.90 Å². The Morgan fingerprint density at radius 1 is 1.17 bits per heavy atom. The van der Waals surface area contributed by atoms with Crippen LogP contribution in [0.25, 0.3) is 0 Å². The van der Waals surface area contributed by atoms with Crippen molar-refractivity contribution >= 4 is 0 Å². The second-order valence-corrected chi connectivity index (χ2v) is 8.04. The van der Waals surface area contributed by atoms with Crippen molar-refractivity contribution in [2.45, 2.75) is 77.5 Å². The first-order valence-electron chi connectivity index (χ1n) is 8.95. The van der Waals surface area contributed by atoms with E-state index in [0.717, 1.165) is 5.75 Å². The van der Waals surface area contributed by atoms with Crippen molar-refractivity contribution in [1.29, 1.82) is 0 Å². The highest BCUT2D eigenvalue weighted by atomic mass is 35.5. The van der Waals surface area contributed by atoms with Crippen LogP contribution in [-0.2, 0) is 5.41 Å². The summed E-state index contributed by atoms with van der Waals surface area (Å²) in [5.41, 5.74) is 1.23. The standard InChI is InChI=1S/C20H33NO2.ClH/c1-15-9-8-10-16(2)21(15)13-17(22)14-23-19-12-7-6-11-18(19)20(3,4)5;/h6-7,11-12,15-17,22H,8-10,13-14H2,1-5H3;1H/p-1. The molecule has 1 N–H and O–H groups in total. The molecule has 3 atom stereocenters. The third kappa shape index (κ3) is 5.65. The van der Waals surface area contributed by atoms with Crippen LogP contribution in [0.4, 0.5) is 0 Å². The van der Waals surface area contributed by atoms with Crippen molar-refractivity contribution in [3.8, 4) is 5.75 Å². The van der Waals surface area contributed by atoms with Crippen molar-refractivity contribution < 1.29 is 22.3 Å². The zero-order valence-corrected chi connectivity index (χ0v) is 16.5. The second-order valence-electron chi connectivity index (χ2n) is 8.04. The van der Waals surface area contributed by atoms with Gasteiger partial charge < -0.3 is 22.3 Å². The minimum Gasteiger partial charge on any atom is -1.00 e. The number of halogens is 1. The zero-order valence-electron chi connectivity index (χ0n) is 15.8. The Morgan fingerprint density at radius 3 is 2.33 bits per heavy atom. The van der Waals surface area contributed by atoms with Gasteiger partial charge in [-0.25, -0.2) is 0 Å². The number of β-amino-alcohol motifs (C(OH)–C–C–N with tert-alkyl or cyclic N) is 1. The van der Waals surface area contributed by atoms with E-state index in [-0.39, 0.29) is 17.8 Å². The molecule has 1 saturated heterocycles. The van der Waals surface area contributed by atoms with Crippen molar-refractivity contribution in [3.05, 3.63) is 29.8 Å². The molecular formula is C20H33ClNO2-. The molecule has 3 nitrogen and oxygen atoms in total. The Bertz CT molecular complexity index is 491. The van der Waals surface area contributed by atoms with E-state index in [2.05, 4.69) is 45.6 Å². The molecule has 0 spiro atoms. The predicted molar refractivity (Wildman–Crippen MR) is 96.1 cm³/mol. The molecule has 2 rings (SSSR count). The van der Waals surface area contributed by atoms with E-state index in [1.54, 1.807) is 0 Å². The molecule has 3 unspecified atom stereocenters. The molecule has 1 fully saturated rings. The van der Waals surface area contributed by atoms with Crippen LogP contribution in [0, 0.1) is 0 Å². The van der Waals surface area contributed by atoms with Crippen molar-refractivity contribution in [3.63, 3.8) is 0 Å². The molecule has 4 heteroatoms. The third-order valence-corrected chi connectivity index (χ3v) is 4.92. The average Bonchev–Trinajstić information content (AvgIpc) is 2.48. The van der Waals surface area contributed by atoms with Crippen LogP contribution in [0.15, 0.2) is 24.3 Å².